The minimum Gasteiger partial charge on any atom is -0.355 e. The molecule has 2 aromatic carbocycles. The van der Waals surface area contributed by atoms with Gasteiger partial charge in [-0.2, -0.15) is 0 Å². The molecule has 0 saturated carbocycles. The normalized spacial score (nSPS) is 11.7. The Morgan fingerprint density at radius 1 is 1.00 bits per heavy atom. The number of hydrogen-bond donors (Lipinski definition) is 1. The summed E-state index contributed by atoms with van der Waals surface area (Å²) in [4.78, 5) is 27.5. The zero-order chi connectivity index (χ0) is 19.8. The Hall–Kier alpha value is -2.62. The average molecular weight is 367 g/mol. The number of amides is 2. The Morgan fingerprint density at radius 3 is 2.26 bits per heavy atom. The van der Waals surface area contributed by atoms with E-state index in [9.17, 15) is 9.59 Å². The van der Waals surface area contributed by atoms with Crippen LogP contribution in [0.4, 0.5) is 0 Å². The minimum absolute atomic E-state index is 0.0250. The van der Waals surface area contributed by atoms with Gasteiger partial charge in [0.2, 0.25) is 11.8 Å². The molecule has 0 spiro atoms. The predicted octanol–water partition coefficient (Wildman–Crippen LogP) is 3.79. The van der Waals surface area contributed by atoms with Crippen molar-refractivity contribution < 1.29 is 9.59 Å². The van der Waals surface area contributed by atoms with Crippen molar-refractivity contribution in [3.63, 3.8) is 0 Å². The molecule has 27 heavy (non-hydrogen) atoms. The first kappa shape index (κ1) is 20.7. The summed E-state index contributed by atoms with van der Waals surface area (Å²) in [7, 11) is 0. The lowest BCUT2D eigenvalue weighted by molar-refractivity contribution is -0.140. The molecule has 1 N–H and O–H groups in total. The third kappa shape index (κ3) is 5.68. The second-order valence-corrected chi connectivity index (χ2v) is 6.93. The molecule has 0 aliphatic rings. The molecule has 4 nitrogen and oxygen atoms in total. The number of likely N-dealkylation sites (N-methyl/N-ethyl adjacent to an activating group) is 1. The standard InChI is InChI=1S/C23H30N2O2/c1-5-21(23(27)24-6-2)25(16-19-13-11-17(3)12-14-19)22(26)15-20-10-8-7-9-18(20)4/h7-14,21H,5-6,15-16H2,1-4H3,(H,24,27)/t21-/m0/s1. The number of carbonyl (C=O) groups excluding carboxylic acids is 2. The third-order valence-electron chi connectivity index (χ3n) is 4.81. The van der Waals surface area contributed by atoms with E-state index in [-0.39, 0.29) is 11.8 Å². The molecule has 0 fully saturated rings. The van der Waals surface area contributed by atoms with E-state index in [0.29, 0.717) is 25.9 Å². The summed E-state index contributed by atoms with van der Waals surface area (Å²) in [5.41, 5.74) is 4.29. The van der Waals surface area contributed by atoms with Crippen LogP contribution in [0, 0.1) is 13.8 Å². The van der Waals surface area contributed by atoms with Gasteiger partial charge < -0.3 is 10.2 Å². The number of nitrogens with one attached hydrogen (secondary N) is 1. The summed E-state index contributed by atoms with van der Waals surface area (Å²) < 4.78 is 0. The molecule has 0 aliphatic heterocycles. The second kappa shape index (κ2) is 9.91. The van der Waals surface area contributed by atoms with Crippen LogP contribution in [0.25, 0.3) is 0 Å². The van der Waals surface area contributed by atoms with Crippen LogP contribution in [0.5, 0.6) is 0 Å². The van der Waals surface area contributed by atoms with E-state index < -0.39 is 6.04 Å². The molecule has 144 valence electrons. The van der Waals surface area contributed by atoms with Gasteiger partial charge in [-0.1, -0.05) is 61.0 Å². The number of nitrogens with zero attached hydrogens (tertiary/aromatic N) is 1. The molecule has 2 aromatic rings. The van der Waals surface area contributed by atoms with Gasteiger partial charge in [0.15, 0.2) is 0 Å². The maximum Gasteiger partial charge on any atom is 0.242 e. The number of benzene rings is 2. The van der Waals surface area contributed by atoms with Crippen LogP contribution in [0.15, 0.2) is 48.5 Å². The largest absolute Gasteiger partial charge is 0.355 e. The van der Waals surface area contributed by atoms with Gasteiger partial charge in [-0.15, -0.1) is 0 Å². The number of aryl methyl sites for hydroxylation is 2. The topological polar surface area (TPSA) is 49.4 Å². The average Bonchev–Trinajstić information content (AvgIpc) is 2.65. The smallest absolute Gasteiger partial charge is 0.242 e. The molecule has 0 aromatic heterocycles. The van der Waals surface area contributed by atoms with E-state index in [1.807, 2.05) is 76.2 Å². The first-order valence-electron chi connectivity index (χ1n) is 9.63. The monoisotopic (exact) mass is 366 g/mol. The first-order valence-corrected chi connectivity index (χ1v) is 9.63. The van der Waals surface area contributed by atoms with Crippen molar-refractivity contribution in [2.24, 2.45) is 0 Å². The zero-order valence-electron chi connectivity index (χ0n) is 16.8. The highest BCUT2D eigenvalue weighted by atomic mass is 16.2. The molecule has 0 saturated heterocycles. The summed E-state index contributed by atoms with van der Waals surface area (Å²) >= 11 is 0. The van der Waals surface area contributed by atoms with Gasteiger partial charge in [0, 0.05) is 13.1 Å². The molecule has 0 bridgehead atoms. The Kier molecular flexibility index (Phi) is 7.59. The van der Waals surface area contributed by atoms with Crippen LogP contribution in [0.3, 0.4) is 0 Å². The first-order chi connectivity index (χ1) is 13.0. The summed E-state index contributed by atoms with van der Waals surface area (Å²) in [5, 5.41) is 2.87. The Morgan fingerprint density at radius 2 is 1.67 bits per heavy atom. The van der Waals surface area contributed by atoms with Crippen LogP contribution >= 0.6 is 0 Å². The van der Waals surface area contributed by atoms with Gasteiger partial charge in [0.25, 0.3) is 0 Å². The Bertz CT molecular complexity index is 768. The summed E-state index contributed by atoms with van der Waals surface area (Å²) in [5.74, 6) is -0.117. The predicted molar refractivity (Wildman–Crippen MR) is 109 cm³/mol. The highest BCUT2D eigenvalue weighted by molar-refractivity contribution is 5.88. The van der Waals surface area contributed by atoms with E-state index in [0.717, 1.165) is 16.7 Å². The van der Waals surface area contributed by atoms with Crippen molar-refractivity contribution in [3.05, 3.63) is 70.8 Å². The number of rotatable bonds is 8. The van der Waals surface area contributed by atoms with E-state index >= 15 is 0 Å². The number of carbonyl (C=O) groups is 2. The Balaban J connectivity index is 2.29. The van der Waals surface area contributed by atoms with E-state index in [4.69, 9.17) is 0 Å². The van der Waals surface area contributed by atoms with Crippen LogP contribution < -0.4 is 5.32 Å². The Labute approximate surface area is 162 Å². The lowest BCUT2D eigenvalue weighted by Crippen LogP contribution is -2.49. The van der Waals surface area contributed by atoms with Crippen molar-refractivity contribution in [2.45, 2.75) is 53.1 Å². The van der Waals surface area contributed by atoms with Gasteiger partial charge in [0.1, 0.15) is 6.04 Å². The molecule has 1 atom stereocenters. The van der Waals surface area contributed by atoms with Gasteiger partial charge in [-0.05, 0) is 43.9 Å². The van der Waals surface area contributed by atoms with Crippen molar-refractivity contribution >= 4 is 11.8 Å². The lowest BCUT2D eigenvalue weighted by Gasteiger charge is -2.31. The number of hydrogen-bond acceptors (Lipinski definition) is 2. The SMILES string of the molecule is CCNC(=O)[C@H](CC)N(Cc1ccc(C)cc1)C(=O)Cc1ccccc1C. The van der Waals surface area contributed by atoms with E-state index in [1.165, 1.54) is 5.56 Å². The van der Waals surface area contributed by atoms with Crippen molar-refractivity contribution in [3.8, 4) is 0 Å². The molecule has 0 unspecified atom stereocenters. The van der Waals surface area contributed by atoms with E-state index in [1.54, 1.807) is 4.90 Å². The van der Waals surface area contributed by atoms with Crippen LogP contribution in [0.2, 0.25) is 0 Å². The summed E-state index contributed by atoms with van der Waals surface area (Å²) in [6.07, 6.45) is 0.881. The minimum atomic E-state index is -0.470. The fourth-order valence-corrected chi connectivity index (χ4v) is 3.17. The molecule has 2 rings (SSSR count). The van der Waals surface area contributed by atoms with Crippen molar-refractivity contribution in [1.82, 2.24) is 10.2 Å². The second-order valence-electron chi connectivity index (χ2n) is 6.93. The molecule has 0 heterocycles. The summed E-state index contributed by atoms with van der Waals surface area (Å²) in [6, 6.07) is 15.5. The summed E-state index contributed by atoms with van der Waals surface area (Å²) in [6.45, 7) is 8.87. The van der Waals surface area contributed by atoms with Crippen LogP contribution in [-0.2, 0) is 22.6 Å². The molecule has 2 amide bonds. The highest BCUT2D eigenvalue weighted by Gasteiger charge is 2.28. The fraction of sp³-hybridized carbons (Fsp3) is 0.391. The molecule has 4 heteroatoms. The highest BCUT2D eigenvalue weighted by Crippen LogP contribution is 2.16. The molecular formula is C23H30N2O2. The maximum atomic E-state index is 13.2. The van der Waals surface area contributed by atoms with Crippen LogP contribution in [-0.4, -0.2) is 29.3 Å². The van der Waals surface area contributed by atoms with Gasteiger partial charge in [-0.3, -0.25) is 9.59 Å². The third-order valence-corrected chi connectivity index (χ3v) is 4.81. The lowest BCUT2D eigenvalue weighted by atomic mass is 10.0. The van der Waals surface area contributed by atoms with Crippen molar-refractivity contribution in [2.75, 3.05) is 6.54 Å². The van der Waals surface area contributed by atoms with Gasteiger partial charge >= 0.3 is 0 Å². The maximum absolute atomic E-state index is 13.2. The molecule has 0 radical (unpaired) electrons. The molecule has 0 aliphatic carbocycles. The fourth-order valence-electron chi connectivity index (χ4n) is 3.17. The molecular weight excluding hydrogens is 336 g/mol. The van der Waals surface area contributed by atoms with Crippen LogP contribution in [0.1, 0.15) is 42.5 Å². The van der Waals surface area contributed by atoms with Crippen molar-refractivity contribution in [1.29, 1.82) is 0 Å². The van der Waals surface area contributed by atoms with Gasteiger partial charge in [-0.25, -0.2) is 0 Å². The zero-order valence-corrected chi connectivity index (χ0v) is 16.8. The van der Waals surface area contributed by atoms with E-state index in [2.05, 4.69) is 5.32 Å². The quantitative estimate of drug-likeness (QED) is 0.773. The van der Waals surface area contributed by atoms with Gasteiger partial charge in [0.05, 0.1) is 6.42 Å².